The molecule has 0 bridgehead atoms. The van der Waals surface area contributed by atoms with Crippen molar-refractivity contribution in [3.05, 3.63) is 54.4 Å². The average Bonchev–Trinajstić information content (AvgIpc) is 2.58. The first kappa shape index (κ1) is 10.8. The van der Waals surface area contributed by atoms with E-state index in [1.165, 1.54) is 5.56 Å². The van der Waals surface area contributed by atoms with Gasteiger partial charge in [0.2, 0.25) is 0 Å². The predicted octanol–water partition coefficient (Wildman–Crippen LogP) is 2.87. The second-order valence-electron chi connectivity index (χ2n) is 4.18. The molecule has 0 amide bonds. The number of allylic oxidation sites excluding steroid dienone is 1. The van der Waals surface area contributed by atoms with E-state index in [2.05, 4.69) is 33.2 Å². The minimum atomic E-state index is 0.749. The van der Waals surface area contributed by atoms with Gasteiger partial charge in [-0.05, 0) is 24.1 Å². The number of rotatable bonds is 2. The first-order chi connectivity index (χ1) is 8.88. The summed E-state index contributed by atoms with van der Waals surface area (Å²) in [7, 11) is 0. The van der Waals surface area contributed by atoms with Crippen LogP contribution in [0.4, 0.5) is 17.3 Å². The van der Waals surface area contributed by atoms with Gasteiger partial charge in [0.1, 0.15) is 5.82 Å². The quantitative estimate of drug-likeness (QED) is 0.790. The van der Waals surface area contributed by atoms with Gasteiger partial charge in [-0.15, -0.1) is 6.58 Å². The van der Waals surface area contributed by atoms with E-state index in [1.807, 2.05) is 18.2 Å². The van der Waals surface area contributed by atoms with Gasteiger partial charge in [-0.1, -0.05) is 12.1 Å². The molecule has 3 heterocycles. The van der Waals surface area contributed by atoms with Gasteiger partial charge in [0, 0.05) is 24.5 Å². The molecule has 0 fully saturated rings. The summed E-state index contributed by atoms with van der Waals surface area (Å²) in [5.74, 6) is 1.69. The van der Waals surface area contributed by atoms with Crippen molar-refractivity contribution in [2.75, 3.05) is 10.6 Å². The third kappa shape index (κ3) is 1.82. The highest BCUT2D eigenvalue weighted by Crippen LogP contribution is 2.31. The molecule has 0 aromatic carbocycles. The monoisotopic (exact) mass is 238 g/mol. The van der Waals surface area contributed by atoms with Crippen LogP contribution in [0.1, 0.15) is 11.1 Å². The third-order valence-corrected chi connectivity index (χ3v) is 2.99. The molecule has 1 aliphatic rings. The Morgan fingerprint density at radius 3 is 3.00 bits per heavy atom. The Kier molecular flexibility index (Phi) is 2.68. The van der Waals surface area contributed by atoms with Crippen LogP contribution in [0.2, 0.25) is 0 Å². The number of nitrogens with one attached hydrogen (secondary N) is 2. The molecule has 0 radical (unpaired) electrons. The van der Waals surface area contributed by atoms with E-state index in [1.54, 1.807) is 12.4 Å². The maximum atomic E-state index is 4.37. The molecule has 0 saturated carbocycles. The maximum Gasteiger partial charge on any atom is 0.155 e. The number of pyridine rings is 2. The zero-order valence-corrected chi connectivity index (χ0v) is 9.98. The van der Waals surface area contributed by atoms with Crippen LogP contribution in [0, 0.1) is 0 Å². The molecule has 4 nitrogen and oxygen atoms in total. The Labute approximate surface area is 106 Å². The number of hydrogen-bond acceptors (Lipinski definition) is 4. The molecule has 18 heavy (non-hydrogen) atoms. The van der Waals surface area contributed by atoms with Crippen molar-refractivity contribution >= 4 is 17.3 Å². The summed E-state index contributed by atoms with van der Waals surface area (Å²) in [6, 6.07) is 6.01. The topological polar surface area (TPSA) is 49.8 Å². The van der Waals surface area contributed by atoms with E-state index in [-0.39, 0.29) is 0 Å². The van der Waals surface area contributed by atoms with Gasteiger partial charge < -0.3 is 10.6 Å². The van der Waals surface area contributed by atoms with Crippen LogP contribution in [0.5, 0.6) is 0 Å². The molecule has 3 rings (SSSR count). The SMILES string of the molecule is C=CCc1ccnc2c1NCc1cccnc1N2. The van der Waals surface area contributed by atoms with Crippen molar-refractivity contribution in [1.29, 1.82) is 0 Å². The Hall–Kier alpha value is -2.36. The molecule has 0 spiro atoms. The predicted molar refractivity (Wildman–Crippen MR) is 73.0 cm³/mol. The van der Waals surface area contributed by atoms with Crippen LogP contribution >= 0.6 is 0 Å². The minimum absolute atomic E-state index is 0.749. The third-order valence-electron chi connectivity index (χ3n) is 2.99. The maximum absolute atomic E-state index is 4.37. The summed E-state index contributed by atoms with van der Waals surface area (Å²) in [5.41, 5.74) is 3.37. The highest BCUT2D eigenvalue weighted by atomic mass is 15.1. The second kappa shape index (κ2) is 4.49. The Balaban J connectivity index is 2.06. The summed E-state index contributed by atoms with van der Waals surface area (Å²) >= 11 is 0. The van der Waals surface area contributed by atoms with Gasteiger partial charge >= 0.3 is 0 Å². The summed E-state index contributed by atoms with van der Waals surface area (Å²) < 4.78 is 0. The van der Waals surface area contributed by atoms with Crippen molar-refractivity contribution in [1.82, 2.24) is 9.97 Å². The highest BCUT2D eigenvalue weighted by Gasteiger charge is 2.15. The van der Waals surface area contributed by atoms with Crippen LogP contribution in [0.25, 0.3) is 0 Å². The largest absolute Gasteiger partial charge is 0.378 e. The van der Waals surface area contributed by atoms with Gasteiger partial charge in [0.25, 0.3) is 0 Å². The fraction of sp³-hybridized carbons (Fsp3) is 0.143. The lowest BCUT2D eigenvalue weighted by atomic mass is 10.1. The van der Waals surface area contributed by atoms with Crippen LogP contribution in [-0.4, -0.2) is 9.97 Å². The fourth-order valence-electron chi connectivity index (χ4n) is 2.11. The van der Waals surface area contributed by atoms with Crippen molar-refractivity contribution < 1.29 is 0 Å². The summed E-state index contributed by atoms with van der Waals surface area (Å²) in [6.45, 7) is 4.54. The van der Waals surface area contributed by atoms with Crippen LogP contribution in [0.3, 0.4) is 0 Å². The second-order valence-corrected chi connectivity index (χ2v) is 4.18. The Bertz CT molecular complexity index is 592. The molecular weight excluding hydrogens is 224 g/mol. The molecule has 2 aromatic rings. The molecule has 0 saturated heterocycles. The fourth-order valence-corrected chi connectivity index (χ4v) is 2.11. The van der Waals surface area contributed by atoms with E-state index in [4.69, 9.17) is 0 Å². The number of anilines is 3. The average molecular weight is 238 g/mol. The molecule has 90 valence electrons. The summed E-state index contributed by atoms with van der Waals surface area (Å²) in [6.07, 6.45) is 6.31. The molecule has 0 aliphatic carbocycles. The van der Waals surface area contributed by atoms with E-state index < -0.39 is 0 Å². The zero-order chi connectivity index (χ0) is 12.4. The lowest BCUT2D eigenvalue weighted by Crippen LogP contribution is -2.01. The molecule has 4 heteroatoms. The zero-order valence-electron chi connectivity index (χ0n) is 9.98. The van der Waals surface area contributed by atoms with Gasteiger partial charge in [0.15, 0.2) is 5.82 Å². The van der Waals surface area contributed by atoms with Crippen molar-refractivity contribution in [3.63, 3.8) is 0 Å². The molecular formula is C14H14N4. The van der Waals surface area contributed by atoms with Gasteiger partial charge in [0.05, 0.1) is 5.69 Å². The number of hydrogen-bond donors (Lipinski definition) is 2. The van der Waals surface area contributed by atoms with E-state index in [0.717, 1.165) is 35.9 Å². The van der Waals surface area contributed by atoms with Crippen LogP contribution < -0.4 is 10.6 Å². The van der Waals surface area contributed by atoms with Gasteiger partial charge in [-0.25, -0.2) is 9.97 Å². The lowest BCUT2D eigenvalue weighted by molar-refractivity contribution is 1.12. The van der Waals surface area contributed by atoms with E-state index in [0.29, 0.717) is 0 Å². The van der Waals surface area contributed by atoms with Crippen molar-refractivity contribution in [2.24, 2.45) is 0 Å². The van der Waals surface area contributed by atoms with Crippen LogP contribution in [0.15, 0.2) is 43.2 Å². The van der Waals surface area contributed by atoms with Crippen molar-refractivity contribution in [2.45, 2.75) is 13.0 Å². The van der Waals surface area contributed by atoms with Gasteiger partial charge in [-0.2, -0.15) is 0 Å². The number of fused-ring (bicyclic) bond motifs is 2. The van der Waals surface area contributed by atoms with Crippen molar-refractivity contribution in [3.8, 4) is 0 Å². The number of nitrogens with zero attached hydrogens (tertiary/aromatic N) is 2. The summed E-state index contributed by atoms with van der Waals surface area (Å²) in [4.78, 5) is 8.72. The summed E-state index contributed by atoms with van der Waals surface area (Å²) in [5, 5.41) is 6.70. The highest BCUT2D eigenvalue weighted by molar-refractivity contribution is 5.75. The van der Waals surface area contributed by atoms with Gasteiger partial charge in [-0.3, -0.25) is 0 Å². The van der Waals surface area contributed by atoms with E-state index in [9.17, 15) is 0 Å². The minimum Gasteiger partial charge on any atom is -0.378 e. The molecule has 0 unspecified atom stereocenters. The normalized spacial score (nSPS) is 12.4. The lowest BCUT2D eigenvalue weighted by Gasteiger charge is -2.11. The molecule has 2 N–H and O–H groups in total. The first-order valence-electron chi connectivity index (χ1n) is 5.92. The standard InChI is InChI=1S/C14H14N4/c1-2-4-10-6-8-16-14-12(10)17-9-11-5-3-7-15-13(11)18-14/h2-3,5-8,17H,1,4,9H2,(H,15,16,18). The first-order valence-corrected chi connectivity index (χ1v) is 5.92. The smallest absolute Gasteiger partial charge is 0.155 e. The molecule has 1 aliphatic heterocycles. The molecule has 2 aromatic heterocycles. The number of aromatic nitrogens is 2. The van der Waals surface area contributed by atoms with Crippen LogP contribution in [-0.2, 0) is 13.0 Å². The Morgan fingerprint density at radius 1 is 1.22 bits per heavy atom. The molecule has 0 atom stereocenters. The van der Waals surface area contributed by atoms with E-state index >= 15 is 0 Å². The Morgan fingerprint density at radius 2 is 2.11 bits per heavy atom.